The van der Waals surface area contributed by atoms with Crippen LogP contribution in [-0.2, 0) is 10.8 Å². The summed E-state index contributed by atoms with van der Waals surface area (Å²) in [5, 5.41) is 11.2. The Kier molecular flexibility index (Phi) is 15.2. The van der Waals surface area contributed by atoms with Crippen molar-refractivity contribution < 1.29 is 0 Å². The number of rotatable bonds is 18. The molecule has 1 aromatic heterocycles. The van der Waals surface area contributed by atoms with Gasteiger partial charge in [0, 0.05) is 22.2 Å². The SMILES string of the molecule is CC(CP(c1ccccc1)c1ccccc1)(CP(c1ccccc1)c1ccccc1)c1cccc(C(C)(CP(c2ccccc2)c2ccccc2)CP(c2ccccc2)c2ccccc2)n1. The Labute approximate surface area is 398 Å². The third-order valence-electron chi connectivity index (χ3n) is 12.6. The van der Waals surface area contributed by atoms with E-state index in [0.29, 0.717) is 0 Å². The number of pyridine rings is 1. The van der Waals surface area contributed by atoms with E-state index in [1.54, 1.807) is 0 Å². The van der Waals surface area contributed by atoms with Gasteiger partial charge in [-0.15, -0.1) is 0 Å². The maximum atomic E-state index is 6.12. The first-order valence-electron chi connectivity index (χ1n) is 22.9. The molecule has 9 rings (SSSR count). The molecule has 0 aliphatic carbocycles. The van der Waals surface area contributed by atoms with Crippen LogP contribution >= 0.6 is 31.7 Å². The molecule has 0 aliphatic heterocycles. The summed E-state index contributed by atoms with van der Waals surface area (Å²) in [5.41, 5.74) is 1.80. The lowest BCUT2D eigenvalue weighted by Gasteiger charge is -2.40. The monoisotopic (exact) mass is 927 g/mol. The quantitative estimate of drug-likeness (QED) is 0.0782. The molecule has 326 valence electrons. The van der Waals surface area contributed by atoms with E-state index in [0.717, 1.165) is 24.6 Å². The van der Waals surface area contributed by atoms with Crippen molar-refractivity contribution in [3.63, 3.8) is 0 Å². The molecule has 0 amide bonds. The Morgan fingerprint density at radius 2 is 0.409 bits per heavy atom. The molecule has 0 unspecified atom stereocenters. The van der Waals surface area contributed by atoms with Gasteiger partial charge in [0.2, 0.25) is 0 Å². The smallest absolute Gasteiger partial charge is 0.0473 e. The van der Waals surface area contributed by atoms with Crippen LogP contribution in [0.2, 0.25) is 0 Å². The van der Waals surface area contributed by atoms with E-state index in [1.165, 1.54) is 53.8 Å². The van der Waals surface area contributed by atoms with E-state index in [2.05, 4.69) is 275 Å². The fourth-order valence-electron chi connectivity index (χ4n) is 9.12. The van der Waals surface area contributed by atoms with E-state index >= 15 is 0 Å². The van der Waals surface area contributed by atoms with Crippen molar-refractivity contribution >= 4 is 74.1 Å². The van der Waals surface area contributed by atoms with Gasteiger partial charge >= 0.3 is 0 Å². The highest BCUT2D eigenvalue weighted by atomic mass is 31.1. The van der Waals surface area contributed by atoms with E-state index in [4.69, 9.17) is 4.98 Å². The van der Waals surface area contributed by atoms with Crippen LogP contribution in [-0.4, -0.2) is 29.6 Å². The predicted molar refractivity (Wildman–Crippen MR) is 295 cm³/mol. The zero-order chi connectivity index (χ0) is 45.0. The highest BCUT2D eigenvalue weighted by Crippen LogP contribution is 2.51. The summed E-state index contributed by atoms with van der Waals surface area (Å²) in [5.74, 6) is 0. The molecule has 0 radical (unpaired) electrons. The Bertz CT molecular complexity index is 2310. The zero-order valence-electron chi connectivity index (χ0n) is 37.9. The van der Waals surface area contributed by atoms with Crippen LogP contribution in [0.1, 0.15) is 25.2 Å². The van der Waals surface area contributed by atoms with Crippen molar-refractivity contribution in [2.45, 2.75) is 24.7 Å². The Morgan fingerprint density at radius 1 is 0.242 bits per heavy atom. The fourth-order valence-corrected chi connectivity index (χ4v) is 20.3. The summed E-state index contributed by atoms with van der Waals surface area (Å²) in [6.45, 7) is 5.08. The van der Waals surface area contributed by atoms with Crippen molar-refractivity contribution in [3.05, 3.63) is 272 Å². The molecule has 1 nitrogen and oxygen atoms in total. The molecule has 0 N–H and O–H groups in total. The number of nitrogens with zero attached hydrogens (tertiary/aromatic N) is 1. The number of hydrogen-bond acceptors (Lipinski definition) is 1. The van der Waals surface area contributed by atoms with Gasteiger partial charge in [0.1, 0.15) is 0 Å². The zero-order valence-corrected chi connectivity index (χ0v) is 41.5. The van der Waals surface area contributed by atoms with E-state index in [1.807, 2.05) is 0 Å². The summed E-state index contributed by atoms with van der Waals surface area (Å²) in [6, 6.07) is 97.3. The Balaban J connectivity index is 1.23. The minimum atomic E-state index is -0.741. The lowest BCUT2D eigenvalue weighted by molar-refractivity contribution is 0.548. The van der Waals surface area contributed by atoms with Crippen molar-refractivity contribution in [1.82, 2.24) is 4.98 Å². The molecule has 5 heteroatoms. The molecule has 8 aromatic carbocycles. The Morgan fingerprint density at radius 3 is 0.576 bits per heavy atom. The third-order valence-corrected chi connectivity index (χ3v) is 24.0. The van der Waals surface area contributed by atoms with Gasteiger partial charge in [0.05, 0.1) is 0 Å². The van der Waals surface area contributed by atoms with Gasteiger partial charge in [-0.05, 0) is 111 Å². The van der Waals surface area contributed by atoms with Crippen LogP contribution < -0.4 is 42.4 Å². The Hall–Kier alpha value is -5.37. The first kappa shape index (κ1) is 45.8. The van der Waals surface area contributed by atoms with Gasteiger partial charge < -0.3 is 0 Å². The van der Waals surface area contributed by atoms with E-state index < -0.39 is 31.7 Å². The van der Waals surface area contributed by atoms with Crippen LogP contribution in [0.4, 0.5) is 0 Å². The third kappa shape index (κ3) is 11.1. The maximum Gasteiger partial charge on any atom is 0.0473 e. The van der Waals surface area contributed by atoms with Crippen LogP contribution in [0, 0.1) is 0 Å². The molecule has 0 spiro atoms. The second kappa shape index (κ2) is 22.0. The first-order valence-corrected chi connectivity index (χ1v) is 29.1. The van der Waals surface area contributed by atoms with Gasteiger partial charge in [-0.1, -0.05) is 263 Å². The maximum absolute atomic E-state index is 6.12. The minimum Gasteiger partial charge on any atom is -0.257 e. The molecule has 0 atom stereocenters. The molecular formula is C61H57NP4. The van der Waals surface area contributed by atoms with Crippen LogP contribution in [0.25, 0.3) is 0 Å². The number of benzene rings is 8. The summed E-state index contributed by atoms with van der Waals surface area (Å²) in [4.78, 5) is 6.12. The number of aromatic nitrogens is 1. The lowest BCUT2D eigenvalue weighted by Crippen LogP contribution is -2.39. The molecule has 0 fully saturated rings. The topological polar surface area (TPSA) is 12.9 Å². The normalized spacial score (nSPS) is 12.0. The van der Waals surface area contributed by atoms with Crippen LogP contribution in [0.3, 0.4) is 0 Å². The average Bonchev–Trinajstić information content (AvgIpc) is 3.40. The first-order chi connectivity index (χ1) is 32.5. The molecule has 66 heavy (non-hydrogen) atoms. The largest absolute Gasteiger partial charge is 0.257 e. The molecule has 1 heterocycles. The molecule has 0 bridgehead atoms. The summed E-state index contributed by atoms with van der Waals surface area (Å²) < 4.78 is 0. The second-order valence-corrected chi connectivity index (χ2v) is 26.4. The van der Waals surface area contributed by atoms with Crippen LogP contribution in [0.15, 0.2) is 261 Å². The molecule has 0 aliphatic rings. The second-order valence-electron chi connectivity index (χ2n) is 17.6. The van der Waals surface area contributed by atoms with Gasteiger partial charge in [-0.3, -0.25) is 4.98 Å². The van der Waals surface area contributed by atoms with Crippen LogP contribution in [0.5, 0.6) is 0 Å². The van der Waals surface area contributed by atoms with E-state index in [-0.39, 0.29) is 10.8 Å². The highest BCUT2D eigenvalue weighted by Gasteiger charge is 2.40. The van der Waals surface area contributed by atoms with Gasteiger partial charge in [-0.25, -0.2) is 0 Å². The van der Waals surface area contributed by atoms with Gasteiger partial charge in [-0.2, -0.15) is 0 Å². The highest BCUT2D eigenvalue weighted by molar-refractivity contribution is 7.75. The van der Waals surface area contributed by atoms with Crippen molar-refractivity contribution in [2.75, 3.05) is 24.6 Å². The average molecular weight is 928 g/mol. The van der Waals surface area contributed by atoms with Crippen molar-refractivity contribution in [1.29, 1.82) is 0 Å². The molecule has 9 aromatic rings. The van der Waals surface area contributed by atoms with Crippen molar-refractivity contribution in [2.24, 2.45) is 0 Å². The summed E-state index contributed by atoms with van der Waals surface area (Å²) in [6.07, 6.45) is 3.90. The minimum absolute atomic E-state index is 0.293. The van der Waals surface area contributed by atoms with Gasteiger partial charge in [0.15, 0.2) is 0 Å². The molecule has 0 saturated heterocycles. The van der Waals surface area contributed by atoms with Crippen molar-refractivity contribution in [3.8, 4) is 0 Å². The number of hydrogen-bond donors (Lipinski definition) is 0. The lowest BCUT2D eigenvalue weighted by atomic mass is 9.87. The molecular weight excluding hydrogens is 871 g/mol. The standard InChI is InChI=1S/C61H57NP4/c1-60(46-63(50-28-11-3-12-29-50)51-30-13-4-14-31-51,47-64(52-32-15-5-16-33-52)53-34-17-6-18-35-53)58-44-27-45-59(62-58)61(2,48-65(54-36-19-7-20-37-54)55-38-21-8-22-39-55)49-66(56-40-23-9-24-41-56)57-42-25-10-26-43-57/h3-45H,46-49H2,1-2H3. The van der Waals surface area contributed by atoms with E-state index in [9.17, 15) is 0 Å². The molecule has 0 saturated carbocycles. The predicted octanol–water partition coefficient (Wildman–Crippen LogP) is 12.1. The summed E-state index contributed by atoms with van der Waals surface area (Å²) >= 11 is 0. The summed E-state index contributed by atoms with van der Waals surface area (Å²) in [7, 11) is -2.96. The fraction of sp³-hybridized carbons (Fsp3) is 0.131. The van der Waals surface area contributed by atoms with Gasteiger partial charge in [0.25, 0.3) is 0 Å².